The molecular formula is C20H20N4O3. The average molecular weight is 364 g/mol. The molecule has 7 heteroatoms. The van der Waals surface area contributed by atoms with E-state index in [0.717, 1.165) is 48.6 Å². The van der Waals surface area contributed by atoms with Crippen LogP contribution in [0.5, 0.6) is 5.75 Å². The monoisotopic (exact) mass is 364 g/mol. The molecule has 3 aromatic rings. The first kappa shape index (κ1) is 17.1. The summed E-state index contributed by atoms with van der Waals surface area (Å²) < 4.78 is 0. The minimum absolute atomic E-state index is 0.0418. The normalized spacial score (nSPS) is 14.6. The van der Waals surface area contributed by atoms with Crippen LogP contribution in [0.2, 0.25) is 0 Å². The molecule has 138 valence electrons. The van der Waals surface area contributed by atoms with Crippen LogP contribution in [0, 0.1) is 17.0 Å². The van der Waals surface area contributed by atoms with E-state index in [0.29, 0.717) is 5.52 Å². The Labute approximate surface area is 156 Å². The Hall–Kier alpha value is -3.35. The number of piperazine rings is 1. The van der Waals surface area contributed by atoms with E-state index in [1.807, 2.05) is 31.2 Å². The van der Waals surface area contributed by atoms with Gasteiger partial charge in [0.2, 0.25) is 0 Å². The zero-order valence-corrected chi connectivity index (χ0v) is 15.0. The highest BCUT2D eigenvalue weighted by Gasteiger charge is 2.22. The fraction of sp³-hybridized carbons (Fsp3) is 0.250. The number of fused-ring (bicyclic) bond motifs is 1. The number of phenolic OH excluding ortho intramolecular Hbond substituents is 1. The van der Waals surface area contributed by atoms with E-state index >= 15 is 0 Å². The van der Waals surface area contributed by atoms with E-state index < -0.39 is 0 Å². The summed E-state index contributed by atoms with van der Waals surface area (Å²) in [5, 5.41) is 21.6. The predicted octanol–water partition coefficient (Wildman–Crippen LogP) is 3.48. The van der Waals surface area contributed by atoms with E-state index in [4.69, 9.17) is 0 Å². The van der Waals surface area contributed by atoms with Crippen LogP contribution >= 0.6 is 0 Å². The molecule has 1 aliphatic heterocycles. The van der Waals surface area contributed by atoms with Gasteiger partial charge in [0.25, 0.3) is 5.69 Å². The smallest absolute Gasteiger partial charge is 0.295 e. The lowest BCUT2D eigenvalue weighted by Crippen LogP contribution is -2.46. The Morgan fingerprint density at radius 2 is 1.70 bits per heavy atom. The first-order valence-corrected chi connectivity index (χ1v) is 8.86. The number of non-ortho nitro benzene ring substituents is 1. The van der Waals surface area contributed by atoms with Gasteiger partial charge in [0.05, 0.1) is 4.92 Å². The zero-order chi connectivity index (χ0) is 19.0. The van der Waals surface area contributed by atoms with Crippen LogP contribution < -0.4 is 9.80 Å². The molecule has 1 saturated heterocycles. The molecule has 0 spiro atoms. The first-order chi connectivity index (χ1) is 13.0. The Kier molecular flexibility index (Phi) is 4.27. The van der Waals surface area contributed by atoms with Gasteiger partial charge < -0.3 is 14.9 Å². The summed E-state index contributed by atoms with van der Waals surface area (Å²) >= 11 is 0. The number of aromatic hydroxyl groups is 1. The van der Waals surface area contributed by atoms with Gasteiger partial charge in [-0.05, 0) is 37.3 Å². The summed E-state index contributed by atoms with van der Waals surface area (Å²) in [4.78, 5) is 19.9. The summed E-state index contributed by atoms with van der Waals surface area (Å²) in [5.41, 5.74) is 3.33. The number of hydrogen-bond donors (Lipinski definition) is 1. The van der Waals surface area contributed by atoms with Crippen molar-refractivity contribution in [1.29, 1.82) is 0 Å². The lowest BCUT2D eigenvalue weighted by Gasteiger charge is -2.37. The van der Waals surface area contributed by atoms with E-state index in [9.17, 15) is 15.2 Å². The molecule has 1 aliphatic rings. The van der Waals surface area contributed by atoms with Crippen LogP contribution in [-0.4, -0.2) is 41.2 Å². The number of aromatic nitrogens is 1. The zero-order valence-electron chi connectivity index (χ0n) is 15.0. The van der Waals surface area contributed by atoms with Gasteiger partial charge in [-0.2, -0.15) is 0 Å². The molecular weight excluding hydrogens is 344 g/mol. The molecule has 0 aliphatic carbocycles. The second-order valence-electron chi connectivity index (χ2n) is 6.70. The molecule has 2 aromatic carbocycles. The van der Waals surface area contributed by atoms with Crippen LogP contribution in [0.15, 0.2) is 48.5 Å². The van der Waals surface area contributed by atoms with Crippen LogP contribution in [0.3, 0.4) is 0 Å². The van der Waals surface area contributed by atoms with Crippen LogP contribution in [0.1, 0.15) is 5.69 Å². The molecule has 0 radical (unpaired) electrons. The van der Waals surface area contributed by atoms with Gasteiger partial charge in [-0.1, -0.05) is 12.1 Å². The summed E-state index contributed by atoms with van der Waals surface area (Å²) in [6.07, 6.45) is 0. The van der Waals surface area contributed by atoms with Crippen molar-refractivity contribution in [1.82, 2.24) is 4.98 Å². The molecule has 1 N–H and O–H groups in total. The Balaban J connectivity index is 1.63. The SMILES string of the molecule is Cc1cc(N2CCN(c3ccc(O)cc3)CC2)c2cccc([N+](=O)[O-])c2n1. The van der Waals surface area contributed by atoms with Crippen molar-refractivity contribution in [3.8, 4) is 5.75 Å². The molecule has 4 rings (SSSR count). The Bertz CT molecular complexity index is 996. The molecule has 0 bridgehead atoms. The minimum atomic E-state index is -0.374. The van der Waals surface area contributed by atoms with Crippen molar-refractivity contribution in [2.24, 2.45) is 0 Å². The van der Waals surface area contributed by atoms with Crippen molar-refractivity contribution in [3.05, 3.63) is 64.3 Å². The van der Waals surface area contributed by atoms with E-state index in [1.165, 1.54) is 6.07 Å². The van der Waals surface area contributed by atoms with Gasteiger partial charge in [0.15, 0.2) is 5.52 Å². The first-order valence-electron chi connectivity index (χ1n) is 8.86. The fourth-order valence-electron chi connectivity index (χ4n) is 3.62. The van der Waals surface area contributed by atoms with Crippen molar-refractivity contribution in [3.63, 3.8) is 0 Å². The molecule has 27 heavy (non-hydrogen) atoms. The highest BCUT2D eigenvalue weighted by Crippen LogP contribution is 2.33. The molecule has 1 fully saturated rings. The van der Waals surface area contributed by atoms with Gasteiger partial charge in [-0.15, -0.1) is 0 Å². The van der Waals surface area contributed by atoms with Gasteiger partial charge >= 0.3 is 0 Å². The average Bonchev–Trinajstić information content (AvgIpc) is 2.67. The standard InChI is InChI=1S/C20H20N4O3/c1-14-13-19(17-3-2-4-18(24(26)27)20(17)21-14)23-11-9-22(10-12-23)15-5-7-16(25)8-6-15/h2-8,13,25H,9-12H2,1H3. The van der Waals surface area contributed by atoms with Crippen molar-refractivity contribution in [2.45, 2.75) is 6.92 Å². The van der Waals surface area contributed by atoms with E-state index in [1.54, 1.807) is 18.2 Å². The third kappa shape index (κ3) is 3.23. The molecule has 7 nitrogen and oxygen atoms in total. The van der Waals surface area contributed by atoms with Crippen LogP contribution in [0.25, 0.3) is 10.9 Å². The van der Waals surface area contributed by atoms with E-state index in [-0.39, 0.29) is 16.4 Å². The number of nitro benzene ring substituents is 1. The largest absolute Gasteiger partial charge is 0.508 e. The Morgan fingerprint density at radius 1 is 1.04 bits per heavy atom. The molecule has 2 heterocycles. The van der Waals surface area contributed by atoms with Gasteiger partial charge in [0.1, 0.15) is 5.75 Å². The number of anilines is 2. The number of nitro groups is 1. The fourth-order valence-corrected chi connectivity index (χ4v) is 3.62. The number of benzene rings is 2. The summed E-state index contributed by atoms with van der Waals surface area (Å²) in [6.45, 7) is 5.15. The summed E-state index contributed by atoms with van der Waals surface area (Å²) in [7, 11) is 0. The second kappa shape index (κ2) is 6.75. The number of pyridine rings is 1. The van der Waals surface area contributed by atoms with E-state index in [2.05, 4.69) is 14.8 Å². The third-order valence-corrected chi connectivity index (χ3v) is 4.96. The Morgan fingerprint density at radius 3 is 2.37 bits per heavy atom. The maximum atomic E-state index is 11.4. The molecule has 0 unspecified atom stereocenters. The summed E-state index contributed by atoms with van der Waals surface area (Å²) in [6, 6.07) is 14.3. The van der Waals surface area contributed by atoms with Crippen molar-refractivity contribution < 1.29 is 10.0 Å². The number of rotatable bonds is 3. The van der Waals surface area contributed by atoms with Gasteiger partial charge in [-0.25, -0.2) is 4.98 Å². The number of hydrogen-bond acceptors (Lipinski definition) is 6. The molecule has 1 aromatic heterocycles. The van der Waals surface area contributed by atoms with Crippen molar-refractivity contribution >= 4 is 28.0 Å². The highest BCUT2D eigenvalue weighted by atomic mass is 16.6. The topological polar surface area (TPSA) is 82.7 Å². The number of phenols is 1. The number of para-hydroxylation sites is 1. The predicted molar refractivity (Wildman–Crippen MR) is 106 cm³/mol. The van der Waals surface area contributed by atoms with Crippen LogP contribution in [-0.2, 0) is 0 Å². The van der Waals surface area contributed by atoms with Gasteiger partial charge in [-0.3, -0.25) is 10.1 Å². The maximum absolute atomic E-state index is 11.4. The minimum Gasteiger partial charge on any atom is -0.508 e. The maximum Gasteiger partial charge on any atom is 0.295 e. The number of aryl methyl sites for hydroxylation is 1. The second-order valence-corrected chi connectivity index (χ2v) is 6.70. The lowest BCUT2D eigenvalue weighted by atomic mass is 10.1. The third-order valence-electron chi connectivity index (χ3n) is 4.96. The van der Waals surface area contributed by atoms with Gasteiger partial charge in [0, 0.05) is 54.7 Å². The molecule has 0 atom stereocenters. The molecule has 0 amide bonds. The van der Waals surface area contributed by atoms with Crippen molar-refractivity contribution in [2.75, 3.05) is 36.0 Å². The quantitative estimate of drug-likeness (QED) is 0.566. The lowest BCUT2D eigenvalue weighted by molar-refractivity contribution is -0.383. The highest BCUT2D eigenvalue weighted by molar-refractivity contribution is 5.97. The number of nitrogens with zero attached hydrogens (tertiary/aromatic N) is 4. The van der Waals surface area contributed by atoms with Crippen LogP contribution in [0.4, 0.5) is 17.1 Å². The summed E-state index contributed by atoms with van der Waals surface area (Å²) in [5.74, 6) is 0.262. The molecule has 0 saturated carbocycles.